The summed E-state index contributed by atoms with van der Waals surface area (Å²) in [6.07, 6.45) is 2.62. The molecule has 1 amide bonds. The average Bonchev–Trinajstić information content (AvgIpc) is 3.04. The summed E-state index contributed by atoms with van der Waals surface area (Å²) >= 11 is 0. The fourth-order valence-corrected chi connectivity index (χ4v) is 2.77. The highest BCUT2D eigenvalue weighted by Crippen LogP contribution is 2.17. The number of carbonyl (C=O) groups excluding carboxylic acids is 1. The van der Waals surface area contributed by atoms with Gasteiger partial charge < -0.3 is 10.2 Å². The van der Waals surface area contributed by atoms with Crippen LogP contribution in [-0.4, -0.2) is 51.6 Å². The van der Waals surface area contributed by atoms with E-state index in [1.807, 2.05) is 31.9 Å². The van der Waals surface area contributed by atoms with Gasteiger partial charge in [0.15, 0.2) is 5.65 Å². The molecule has 1 atom stereocenters. The lowest BCUT2D eigenvalue weighted by atomic mass is 10.2. The molecule has 0 spiro atoms. The Kier molecular flexibility index (Phi) is 3.17. The summed E-state index contributed by atoms with van der Waals surface area (Å²) in [7, 11) is 1.93. The van der Waals surface area contributed by atoms with E-state index in [4.69, 9.17) is 0 Å². The molecule has 6 heteroatoms. The van der Waals surface area contributed by atoms with Crippen molar-refractivity contribution in [3.8, 4) is 0 Å². The average molecular weight is 273 g/mol. The maximum absolute atomic E-state index is 12.6. The summed E-state index contributed by atoms with van der Waals surface area (Å²) < 4.78 is 1.73. The number of likely N-dealkylation sites (tertiary alicyclic amines) is 1. The highest BCUT2D eigenvalue weighted by molar-refractivity contribution is 5.99. The lowest BCUT2D eigenvalue weighted by molar-refractivity contribution is 0.0791. The largest absolute Gasteiger partial charge is 0.337 e. The van der Waals surface area contributed by atoms with Crippen LogP contribution in [0.5, 0.6) is 0 Å². The molecule has 0 saturated carbocycles. The van der Waals surface area contributed by atoms with Crippen molar-refractivity contribution in [3.05, 3.63) is 29.2 Å². The van der Waals surface area contributed by atoms with Crippen molar-refractivity contribution < 1.29 is 4.79 Å². The van der Waals surface area contributed by atoms with E-state index in [-0.39, 0.29) is 5.91 Å². The SMILES string of the molecule is CNC1CCN(C(=O)c2cnn3c(C)cc(C)nc23)C1. The van der Waals surface area contributed by atoms with Gasteiger partial charge >= 0.3 is 0 Å². The Bertz CT molecular complexity index is 663. The molecule has 6 nitrogen and oxygen atoms in total. The first-order valence-electron chi connectivity index (χ1n) is 6.88. The number of hydrogen-bond acceptors (Lipinski definition) is 4. The van der Waals surface area contributed by atoms with Crippen LogP contribution in [-0.2, 0) is 0 Å². The number of fused-ring (bicyclic) bond motifs is 1. The molecular formula is C14H19N5O. The molecule has 0 radical (unpaired) electrons. The molecule has 1 fully saturated rings. The van der Waals surface area contributed by atoms with Crippen molar-refractivity contribution in [3.63, 3.8) is 0 Å². The molecule has 0 aliphatic carbocycles. The minimum atomic E-state index is 0.0234. The van der Waals surface area contributed by atoms with Crippen LogP contribution in [0.4, 0.5) is 0 Å². The number of aryl methyl sites for hydroxylation is 2. The second kappa shape index (κ2) is 4.86. The van der Waals surface area contributed by atoms with Gasteiger partial charge in [-0.05, 0) is 33.4 Å². The Morgan fingerprint density at radius 3 is 2.95 bits per heavy atom. The van der Waals surface area contributed by atoms with E-state index in [2.05, 4.69) is 15.4 Å². The Balaban J connectivity index is 1.96. The zero-order valence-electron chi connectivity index (χ0n) is 12.1. The van der Waals surface area contributed by atoms with E-state index < -0.39 is 0 Å². The van der Waals surface area contributed by atoms with E-state index >= 15 is 0 Å². The topological polar surface area (TPSA) is 62.5 Å². The second-order valence-electron chi connectivity index (χ2n) is 5.36. The number of aromatic nitrogens is 3. The third kappa shape index (κ3) is 2.06. The van der Waals surface area contributed by atoms with E-state index in [0.717, 1.165) is 30.9 Å². The Morgan fingerprint density at radius 2 is 2.25 bits per heavy atom. The summed E-state index contributed by atoms with van der Waals surface area (Å²) in [4.78, 5) is 18.9. The van der Waals surface area contributed by atoms with Gasteiger partial charge in [-0.1, -0.05) is 0 Å². The minimum absolute atomic E-state index is 0.0234. The molecule has 2 aromatic rings. The Hall–Kier alpha value is -1.95. The summed E-state index contributed by atoms with van der Waals surface area (Å²) in [6.45, 7) is 5.43. The lowest BCUT2D eigenvalue weighted by Crippen LogP contribution is -2.33. The van der Waals surface area contributed by atoms with Crippen molar-refractivity contribution in [1.29, 1.82) is 0 Å². The summed E-state index contributed by atoms with van der Waals surface area (Å²) in [6, 6.07) is 2.35. The molecule has 0 aromatic carbocycles. The van der Waals surface area contributed by atoms with E-state index in [9.17, 15) is 4.79 Å². The van der Waals surface area contributed by atoms with Gasteiger partial charge in [-0.25, -0.2) is 9.50 Å². The van der Waals surface area contributed by atoms with Gasteiger partial charge in [-0.2, -0.15) is 5.10 Å². The molecule has 106 valence electrons. The molecule has 1 saturated heterocycles. The number of hydrogen-bond donors (Lipinski definition) is 1. The first kappa shape index (κ1) is 13.1. The predicted octanol–water partition coefficient (Wildman–Crippen LogP) is 0.780. The fourth-order valence-electron chi connectivity index (χ4n) is 2.77. The molecule has 3 rings (SSSR count). The van der Waals surface area contributed by atoms with Crippen LogP contribution in [0.15, 0.2) is 12.3 Å². The minimum Gasteiger partial charge on any atom is -0.337 e. The first-order valence-corrected chi connectivity index (χ1v) is 6.88. The van der Waals surface area contributed by atoms with Gasteiger partial charge in [0.05, 0.1) is 6.20 Å². The monoisotopic (exact) mass is 273 g/mol. The van der Waals surface area contributed by atoms with Gasteiger partial charge in [0.1, 0.15) is 5.56 Å². The number of carbonyl (C=O) groups is 1. The van der Waals surface area contributed by atoms with Crippen molar-refractivity contribution in [2.45, 2.75) is 26.3 Å². The van der Waals surface area contributed by atoms with E-state index in [1.165, 1.54) is 0 Å². The van der Waals surface area contributed by atoms with Gasteiger partial charge in [-0.15, -0.1) is 0 Å². The molecular weight excluding hydrogens is 254 g/mol. The third-order valence-corrected chi connectivity index (χ3v) is 3.89. The maximum atomic E-state index is 12.6. The quantitative estimate of drug-likeness (QED) is 0.878. The van der Waals surface area contributed by atoms with Crippen molar-refractivity contribution in [1.82, 2.24) is 24.8 Å². The Labute approximate surface area is 117 Å². The van der Waals surface area contributed by atoms with E-state index in [1.54, 1.807) is 10.7 Å². The molecule has 3 heterocycles. The third-order valence-electron chi connectivity index (χ3n) is 3.89. The van der Waals surface area contributed by atoms with Crippen LogP contribution in [0.25, 0.3) is 5.65 Å². The molecule has 2 aromatic heterocycles. The summed E-state index contributed by atoms with van der Waals surface area (Å²) in [5.74, 6) is 0.0234. The highest BCUT2D eigenvalue weighted by Gasteiger charge is 2.28. The summed E-state index contributed by atoms with van der Waals surface area (Å²) in [5.41, 5.74) is 3.13. The van der Waals surface area contributed by atoms with Crippen molar-refractivity contribution >= 4 is 11.6 Å². The fraction of sp³-hybridized carbons (Fsp3) is 0.500. The van der Waals surface area contributed by atoms with E-state index in [0.29, 0.717) is 17.3 Å². The number of rotatable bonds is 2. The van der Waals surface area contributed by atoms with Crippen LogP contribution in [0.3, 0.4) is 0 Å². The van der Waals surface area contributed by atoms with Crippen LogP contribution in [0, 0.1) is 13.8 Å². The molecule has 1 N–H and O–H groups in total. The van der Waals surface area contributed by atoms with Gasteiger partial charge in [-0.3, -0.25) is 4.79 Å². The zero-order chi connectivity index (χ0) is 14.3. The number of nitrogens with zero attached hydrogens (tertiary/aromatic N) is 4. The van der Waals surface area contributed by atoms with Crippen LogP contribution >= 0.6 is 0 Å². The van der Waals surface area contributed by atoms with Gasteiger partial charge in [0.2, 0.25) is 0 Å². The van der Waals surface area contributed by atoms with Crippen molar-refractivity contribution in [2.24, 2.45) is 0 Å². The highest BCUT2D eigenvalue weighted by atomic mass is 16.2. The van der Waals surface area contributed by atoms with Crippen LogP contribution in [0.1, 0.15) is 28.2 Å². The van der Waals surface area contributed by atoms with Gasteiger partial charge in [0, 0.05) is 30.5 Å². The van der Waals surface area contributed by atoms with Crippen LogP contribution < -0.4 is 5.32 Å². The standard InChI is InChI=1S/C14H19N5O/c1-9-6-10(2)19-13(17-9)12(7-16-19)14(20)18-5-4-11(8-18)15-3/h6-7,11,15H,4-5,8H2,1-3H3. The smallest absolute Gasteiger partial charge is 0.259 e. The number of likely N-dealkylation sites (N-methyl/N-ethyl adjacent to an activating group) is 1. The normalized spacial score (nSPS) is 18.9. The number of nitrogens with one attached hydrogen (secondary N) is 1. The molecule has 1 aliphatic heterocycles. The zero-order valence-corrected chi connectivity index (χ0v) is 12.1. The summed E-state index contributed by atoms with van der Waals surface area (Å²) in [5, 5.41) is 7.50. The number of amides is 1. The molecule has 0 bridgehead atoms. The van der Waals surface area contributed by atoms with Gasteiger partial charge in [0.25, 0.3) is 5.91 Å². The predicted molar refractivity (Wildman–Crippen MR) is 75.8 cm³/mol. The molecule has 1 aliphatic rings. The molecule has 20 heavy (non-hydrogen) atoms. The Morgan fingerprint density at radius 1 is 1.45 bits per heavy atom. The molecule has 1 unspecified atom stereocenters. The lowest BCUT2D eigenvalue weighted by Gasteiger charge is -2.15. The first-order chi connectivity index (χ1) is 9.60. The van der Waals surface area contributed by atoms with Crippen molar-refractivity contribution in [2.75, 3.05) is 20.1 Å². The second-order valence-corrected chi connectivity index (χ2v) is 5.36. The van der Waals surface area contributed by atoms with Crippen LogP contribution in [0.2, 0.25) is 0 Å². The maximum Gasteiger partial charge on any atom is 0.259 e.